The zero-order valence-corrected chi connectivity index (χ0v) is 19.8. The van der Waals surface area contributed by atoms with E-state index in [2.05, 4.69) is 25.6 Å². The molecule has 3 aromatic carbocycles. The van der Waals surface area contributed by atoms with E-state index in [-0.39, 0.29) is 5.96 Å². The molecule has 0 aliphatic rings. The second-order valence-corrected chi connectivity index (χ2v) is 8.23. The summed E-state index contributed by atoms with van der Waals surface area (Å²) in [6, 6.07) is 31.2. The van der Waals surface area contributed by atoms with Crippen LogP contribution in [0.4, 0.5) is 17.3 Å². The lowest BCUT2D eigenvalue weighted by Gasteiger charge is -2.12. The maximum atomic E-state index is 9.10. The van der Waals surface area contributed by atoms with Gasteiger partial charge in [0.2, 0.25) is 0 Å². The lowest BCUT2D eigenvalue weighted by Crippen LogP contribution is -2.23. The van der Waals surface area contributed by atoms with Crippen LogP contribution in [0.2, 0.25) is 0 Å². The molecule has 0 atom stereocenters. The van der Waals surface area contributed by atoms with Gasteiger partial charge in [-0.05, 0) is 47.9 Å². The number of hydrogen-bond donors (Lipinski definition) is 3. The van der Waals surface area contributed by atoms with Gasteiger partial charge in [-0.25, -0.2) is 4.68 Å². The summed E-state index contributed by atoms with van der Waals surface area (Å²) in [5.41, 5.74) is 18.0. The van der Waals surface area contributed by atoms with E-state index < -0.39 is 0 Å². The third-order valence-electron chi connectivity index (χ3n) is 5.74. The molecule has 2 heterocycles. The molecular weight excluding hydrogens is 462 g/mol. The van der Waals surface area contributed by atoms with Gasteiger partial charge < -0.3 is 16.8 Å². The first-order valence-corrected chi connectivity index (χ1v) is 11.5. The van der Waals surface area contributed by atoms with Crippen LogP contribution >= 0.6 is 0 Å². The van der Waals surface area contributed by atoms with Crippen LogP contribution in [0.5, 0.6) is 0 Å². The highest BCUT2D eigenvalue weighted by atomic mass is 15.3. The van der Waals surface area contributed by atoms with Crippen molar-refractivity contribution in [3.05, 3.63) is 114 Å². The summed E-state index contributed by atoms with van der Waals surface area (Å²) in [5, 5.41) is 24.9. The van der Waals surface area contributed by atoms with Crippen LogP contribution in [0, 0.1) is 11.3 Å². The Balaban J connectivity index is 1.29. The minimum absolute atomic E-state index is 0.215. The molecule has 180 valence electrons. The third-order valence-corrected chi connectivity index (χ3v) is 5.74. The number of nitrogens with two attached hydrogens (primary N) is 2. The van der Waals surface area contributed by atoms with Crippen LogP contribution in [-0.4, -0.2) is 25.9 Å². The molecule has 0 spiro atoms. The predicted molar refractivity (Wildman–Crippen MR) is 144 cm³/mol. The van der Waals surface area contributed by atoms with Crippen molar-refractivity contribution in [1.29, 1.82) is 5.26 Å². The summed E-state index contributed by atoms with van der Waals surface area (Å²) in [6.45, 7) is 0. The number of guanidine groups is 1. The van der Waals surface area contributed by atoms with E-state index in [1.54, 1.807) is 10.7 Å². The summed E-state index contributed by atoms with van der Waals surface area (Å²) in [7, 11) is 0. The number of rotatable bonds is 6. The van der Waals surface area contributed by atoms with Crippen molar-refractivity contribution in [2.75, 3.05) is 11.1 Å². The number of aliphatic imine (C=N–C) groups is 1. The Labute approximate surface area is 213 Å². The number of nitrogens with one attached hydrogen (secondary N) is 1. The molecule has 0 amide bonds. The number of aromatic nitrogens is 4. The average Bonchev–Trinajstić information content (AvgIpc) is 3.31. The van der Waals surface area contributed by atoms with Crippen LogP contribution in [0.15, 0.2) is 102 Å². The molecule has 5 N–H and O–H groups in total. The molecule has 0 aliphatic heterocycles. The number of anilines is 2. The summed E-state index contributed by atoms with van der Waals surface area (Å²) in [4.78, 5) is 4.36. The van der Waals surface area contributed by atoms with Gasteiger partial charge in [0, 0.05) is 11.3 Å². The summed E-state index contributed by atoms with van der Waals surface area (Å²) in [6.07, 6.45) is 2.13. The summed E-state index contributed by atoms with van der Waals surface area (Å²) < 4.78 is 1.55. The smallest absolute Gasteiger partial charge is 0.199 e. The van der Waals surface area contributed by atoms with Gasteiger partial charge >= 0.3 is 0 Å². The molecule has 5 rings (SSSR count). The highest BCUT2D eigenvalue weighted by Gasteiger charge is 2.10. The molecular formula is C28H23N9. The molecule has 2 aromatic heterocycles. The van der Waals surface area contributed by atoms with E-state index in [1.165, 1.54) is 6.20 Å². The van der Waals surface area contributed by atoms with Crippen LogP contribution < -0.4 is 16.8 Å². The van der Waals surface area contributed by atoms with Crippen molar-refractivity contribution in [1.82, 2.24) is 20.0 Å². The second-order valence-electron chi connectivity index (χ2n) is 8.23. The van der Waals surface area contributed by atoms with Crippen molar-refractivity contribution in [2.24, 2.45) is 10.7 Å². The molecule has 0 radical (unpaired) electrons. The van der Waals surface area contributed by atoms with Crippen molar-refractivity contribution in [2.45, 2.75) is 6.42 Å². The van der Waals surface area contributed by atoms with Gasteiger partial charge in [0.05, 0.1) is 17.6 Å². The number of hydrogen-bond acceptors (Lipinski definition) is 6. The highest BCUT2D eigenvalue weighted by Crippen LogP contribution is 2.22. The SMILES string of the molecule is N#Cc1cnn(-c2ccc(Cc3ccccc3NC(N)=Nc3ccc(-c4ccccc4)nn3)cc2)c1N. The van der Waals surface area contributed by atoms with Gasteiger partial charge in [-0.15, -0.1) is 10.2 Å². The Morgan fingerprint density at radius 2 is 1.68 bits per heavy atom. The maximum absolute atomic E-state index is 9.10. The quantitative estimate of drug-likeness (QED) is 0.238. The zero-order chi connectivity index (χ0) is 25.6. The van der Waals surface area contributed by atoms with E-state index >= 15 is 0 Å². The molecule has 0 saturated heterocycles. The van der Waals surface area contributed by atoms with Gasteiger partial charge in [0.25, 0.3) is 0 Å². The van der Waals surface area contributed by atoms with Gasteiger partial charge in [-0.2, -0.15) is 15.4 Å². The van der Waals surface area contributed by atoms with E-state index in [9.17, 15) is 0 Å². The van der Waals surface area contributed by atoms with Gasteiger partial charge in [-0.1, -0.05) is 60.7 Å². The van der Waals surface area contributed by atoms with Crippen molar-refractivity contribution >= 4 is 23.3 Å². The molecule has 0 unspecified atom stereocenters. The summed E-state index contributed by atoms with van der Waals surface area (Å²) >= 11 is 0. The fourth-order valence-electron chi connectivity index (χ4n) is 3.86. The number of nitrogens with zero attached hydrogens (tertiary/aromatic N) is 6. The van der Waals surface area contributed by atoms with Crippen LogP contribution in [0.25, 0.3) is 16.9 Å². The van der Waals surface area contributed by atoms with Crippen LogP contribution in [-0.2, 0) is 6.42 Å². The Bertz CT molecular complexity index is 1580. The van der Waals surface area contributed by atoms with Gasteiger partial charge in [0.15, 0.2) is 11.8 Å². The van der Waals surface area contributed by atoms with Crippen molar-refractivity contribution in [3.8, 4) is 23.0 Å². The average molecular weight is 486 g/mol. The number of nitrogen functional groups attached to an aromatic ring is 1. The van der Waals surface area contributed by atoms with Crippen molar-refractivity contribution < 1.29 is 0 Å². The maximum Gasteiger partial charge on any atom is 0.199 e. The number of para-hydroxylation sites is 1. The monoisotopic (exact) mass is 485 g/mol. The molecule has 9 heteroatoms. The molecule has 0 bridgehead atoms. The second kappa shape index (κ2) is 10.4. The minimum Gasteiger partial charge on any atom is -0.382 e. The molecule has 9 nitrogen and oxygen atoms in total. The molecule has 5 aromatic rings. The Morgan fingerprint density at radius 3 is 2.38 bits per heavy atom. The van der Waals surface area contributed by atoms with E-state index in [4.69, 9.17) is 16.7 Å². The Morgan fingerprint density at radius 1 is 0.919 bits per heavy atom. The molecule has 0 fully saturated rings. The third kappa shape index (κ3) is 5.28. The zero-order valence-electron chi connectivity index (χ0n) is 19.8. The molecule has 37 heavy (non-hydrogen) atoms. The van der Waals surface area contributed by atoms with Gasteiger partial charge in [0.1, 0.15) is 17.5 Å². The van der Waals surface area contributed by atoms with E-state index in [0.29, 0.717) is 23.6 Å². The van der Waals surface area contributed by atoms with Crippen LogP contribution in [0.1, 0.15) is 16.7 Å². The minimum atomic E-state index is 0.215. The Hall–Kier alpha value is -5.49. The van der Waals surface area contributed by atoms with Gasteiger partial charge in [-0.3, -0.25) is 0 Å². The molecule has 0 aliphatic carbocycles. The van der Waals surface area contributed by atoms with E-state index in [0.717, 1.165) is 33.8 Å². The normalized spacial score (nSPS) is 11.2. The number of benzene rings is 3. The Kier molecular flexibility index (Phi) is 6.55. The first-order chi connectivity index (χ1) is 18.1. The topological polar surface area (TPSA) is 144 Å². The number of nitriles is 1. The summed E-state index contributed by atoms with van der Waals surface area (Å²) in [5.74, 6) is 0.946. The predicted octanol–water partition coefficient (Wildman–Crippen LogP) is 4.43. The van der Waals surface area contributed by atoms with Crippen LogP contribution in [0.3, 0.4) is 0 Å². The largest absolute Gasteiger partial charge is 0.382 e. The fourth-order valence-corrected chi connectivity index (χ4v) is 3.86. The highest BCUT2D eigenvalue weighted by molar-refractivity contribution is 5.94. The first kappa shape index (κ1) is 23.3. The van der Waals surface area contributed by atoms with E-state index in [1.807, 2.05) is 91.0 Å². The fraction of sp³-hybridized carbons (Fsp3) is 0.0357. The lowest BCUT2D eigenvalue weighted by molar-refractivity contribution is 0.890. The standard InChI is InChI=1S/C28H23N9/c29-17-22-18-32-37(27(22)30)23-12-10-19(11-13-23)16-21-8-4-5-9-24(21)33-28(31)34-26-15-14-25(35-36-26)20-6-2-1-3-7-20/h1-15,18H,16,30H2,(H3,31,33,34,36). The lowest BCUT2D eigenvalue weighted by atomic mass is 10.0. The van der Waals surface area contributed by atoms with Crippen molar-refractivity contribution in [3.63, 3.8) is 0 Å². The molecule has 0 saturated carbocycles. The first-order valence-electron chi connectivity index (χ1n) is 11.5.